The van der Waals surface area contributed by atoms with E-state index in [4.69, 9.17) is 11.6 Å². The van der Waals surface area contributed by atoms with E-state index in [9.17, 15) is 9.59 Å². The van der Waals surface area contributed by atoms with Gasteiger partial charge in [0.05, 0.1) is 5.25 Å². The van der Waals surface area contributed by atoms with Crippen molar-refractivity contribution in [1.29, 1.82) is 0 Å². The predicted molar refractivity (Wildman–Crippen MR) is 82.2 cm³/mol. The first-order valence-electron chi connectivity index (χ1n) is 6.69. The molecule has 0 unspecified atom stereocenters. The SMILES string of the molecule is C[C@H](Sc1n[nH]c(=O)n1C1CC1)C(=O)c1ccc(Cl)cc1. The minimum Gasteiger partial charge on any atom is -0.293 e. The quantitative estimate of drug-likeness (QED) is 0.678. The van der Waals surface area contributed by atoms with Crippen molar-refractivity contribution in [2.24, 2.45) is 0 Å². The Kier molecular flexibility index (Phi) is 3.91. The van der Waals surface area contributed by atoms with Gasteiger partial charge in [-0.1, -0.05) is 23.4 Å². The normalized spacial score (nSPS) is 15.9. The number of carbonyl (C=O) groups is 1. The zero-order valence-corrected chi connectivity index (χ0v) is 12.9. The fourth-order valence-electron chi connectivity index (χ4n) is 2.09. The molecule has 0 aliphatic heterocycles. The molecule has 1 N–H and O–H groups in total. The molecule has 7 heteroatoms. The van der Waals surface area contributed by atoms with Crippen LogP contribution in [-0.4, -0.2) is 25.8 Å². The maximum Gasteiger partial charge on any atom is 0.344 e. The van der Waals surface area contributed by atoms with E-state index in [0.29, 0.717) is 15.7 Å². The molecule has 0 amide bonds. The number of aromatic nitrogens is 3. The highest BCUT2D eigenvalue weighted by Crippen LogP contribution is 2.37. The zero-order valence-electron chi connectivity index (χ0n) is 11.4. The van der Waals surface area contributed by atoms with Crippen LogP contribution in [0, 0.1) is 0 Å². The van der Waals surface area contributed by atoms with Gasteiger partial charge in [-0.3, -0.25) is 9.36 Å². The number of ketones is 1. The first-order chi connectivity index (χ1) is 10.1. The Hall–Kier alpha value is -1.53. The fraction of sp³-hybridized carbons (Fsp3) is 0.357. The molecule has 110 valence electrons. The van der Waals surface area contributed by atoms with E-state index in [1.54, 1.807) is 28.8 Å². The lowest BCUT2D eigenvalue weighted by Gasteiger charge is -2.10. The van der Waals surface area contributed by atoms with E-state index >= 15 is 0 Å². The molecule has 5 nitrogen and oxygen atoms in total. The first kappa shape index (κ1) is 14.4. The highest BCUT2D eigenvalue weighted by atomic mass is 35.5. The van der Waals surface area contributed by atoms with Crippen LogP contribution in [0.2, 0.25) is 5.02 Å². The van der Waals surface area contributed by atoms with Gasteiger partial charge >= 0.3 is 5.69 Å². The number of hydrogen-bond acceptors (Lipinski definition) is 4. The Morgan fingerprint density at radius 1 is 1.43 bits per heavy atom. The maximum atomic E-state index is 12.4. The highest BCUT2D eigenvalue weighted by Gasteiger charge is 2.30. The number of benzene rings is 1. The number of carbonyl (C=O) groups excluding carboxylic acids is 1. The standard InChI is InChI=1S/C14H14ClN3O2S/c1-8(12(19)9-2-4-10(15)5-3-9)21-14-17-16-13(20)18(14)11-6-7-11/h2-5,8,11H,6-7H2,1H3,(H,16,20)/t8-/m0/s1. The molecule has 1 fully saturated rings. The second-order valence-corrected chi connectivity index (χ2v) is 6.79. The highest BCUT2D eigenvalue weighted by molar-refractivity contribution is 8.00. The summed E-state index contributed by atoms with van der Waals surface area (Å²) >= 11 is 7.13. The molecular formula is C14H14ClN3O2S. The third-order valence-electron chi connectivity index (χ3n) is 3.36. The van der Waals surface area contributed by atoms with Crippen molar-refractivity contribution in [1.82, 2.24) is 14.8 Å². The Labute approximate surface area is 130 Å². The van der Waals surface area contributed by atoms with E-state index in [0.717, 1.165) is 12.8 Å². The smallest absolute Gasteiger partial charge is 0.293 e. The molecule has 3 rings (SSSR count). The molecule has 1 heterocycles. The van der Waals surface area contributed by atoms with Crippen molar-refractivity contribution in [3.63, 3.8) is 0 Å². The van der Waals surface area contributed by atoms with Gasteiger partial charge in [-0.2, -0.15) is 0 Å². The summed E-state index contributed by atoms with van der Waals surface area (Å²) in [5.74, 6) is -0.00513. The van der Waals surface area contributed by atoms with Crippen LogP contribution in [0.1, 0.15) is 36.2 Å². The second kappa shape index (κ2) is 5.69. The number of hydrogen-bond donors (Lipinski definition) is 1. The monoisotopic (exact) mass is 323 g/mol. The largest absolute Gasteiger partial charge is 0.344 e. The Balaban J connectivity index is 1.77. The minimum absolute atomic E-state index is 0.00513. The van der Waals surface area contributed by atoms with Gasteiger partial charge in [0.2, 0.25) is 0 Å². The van der Waals surface area contributed by atoms with Gasteiger partial charge in [0.25, 0.3) is 0 Å². The van der Waals surface area contributed by atoms with Crippen LogP contribution in [0.3, 0.4) is 0 Å². The molecule has 1 aromatic heterocycles. The third-order valence-corrected chi connectivity index (χ3v) is 4.68. The van der Waals surface area contributed by atoms with Gasteiger partial charge in [-0.25, -0.2) is 9.89 Å². The molecule has 2 aromatic rings. The molecule has 1 aromatic carbocycles. The molecule has 21 heavy (non-hydrogen) atoms. The number of thioether (sulfide) groups is 1. The summed E-state index contributed by atoms with van der Waals surface area (Å²) < 4.78 is 1.65. The van der Waals surface area contributed by atoms with Crippen LogP contribution in [0.25, 0.3) is 0 Å². The Morgan fingerprint density at radius 3 is 2.71 bits per heavy atom. The molecule has 1 saturated carbocycles. The summed E-state index contributed by atoms with van der Waals surface area (Å²) in [7, 11) is 0. The van der Waals surface area contributed by atoms with E-state index in [-0.39, 0.29) is 22.8 Å². The van der Waals surface area contributed by atoms with Crippen molar-refractivity contribution < 1.29 is 4.79 Å². The lowest BCUT2D eigenvalue weighted by Crippen LogP contribution is -2.18. The number of nitrogens with one attached hydrogen (secondary N) is 1. The van der Waals surface area contributed by atoms with E-state index < -0.39 is 0 Å². The molecule has 0 saturated heterocycles. The van der Waals surface area contributed by atoms with Gasteiger partial charge in [-0.15, -0.1) is 5.10 Å². The van der Waals surface area contributed by atoms with Crippen LogP contribution in [0.4, 0.5) is 0 Å². The van der Waals surface area contributed by atoms with Crippen LogP contribution < -0.4 is 5.69 Å². The van der Waals surface area contributed by atoms with Crippen LogP contribution in [0.5, 0.6) is 0 Å². The molecule has 0 radical (unpaired) electrons. The number of rotatable bonds is 5. The van der Waals surface area contributed by atoms with E-state index in [2.05, 4.69) is 10.2 Å². The summed E-state index contributed by atoms with van der Waals surface area (Å²) in [5.41, 5.74) is 0.404. The van der Waals surface area contributed by atoms with Crippen molar-refractivity contribution >= 4 is 29.1 Å². The lowest BCUT2D eigenvalue weighted by atomic mass is 10.1. The van der Waals surface area contributed by atoms with Gasteiger partial charge in [-0.05, 0) is 44.0 Å². The summed E-state index contributed by atoms with van der Waals surface area (Å²) in [5, 5.41) is 7.34. The number of halogens is 1. The van der Waals surface area contributed by atoms with Crippen molar-refractivity contribution in [3.8, 4) is 0 Å². The summed E-state index contributed by atoms with van der Waals surface area (Å²) in [6.07, 6.45) is 1.99. The maximum absolute atomic E-state index is 12.4. The average molecular weight is 324 g/mol. The topological polar surface area (TPSA) is 67.8 Å². The predicted octanol–water partition coefficient (Wildman–Crippen LogP) is 2.92. The van der Waals surface area contributed by atoms with E-state index in [1.807, 2.05) is 6.92 Å². The number of nitrogens with zero attached hydrogens (tertiary/aromatic N) is 2. The molecule has 1 aliphatic rings. The van der Waals surface area contributed by atoms with Crippen LogP contribution in [-0.2, 0) is 0 Å². The van der Waals surface area contributed by atoms with E-state index in [1.165, 1.54) is 11.8 Å². The third kappa shape index (κ3) is 3.06. The number of Topliss-reactive ketones (excluding diaryl/α,β-unsaturated/α-hetero) is 1. The first-order valence-corrected chi connectivity index (χ1v) is 7.95. The van der Waals surface area contributed by atoms with Gasteiger partial charge in [0.1, 0.15) is 0 Å². The minimum atomic E-state index is -0.320. The fourth-order valence-corrected chi connectivity index (χ4v) is 3.22. The molecular weight excluding hydrogens is 310 g/mol. The van der Waals surface area contributed by atoms with Gasteiger partial charge in [0, 0.05) is 16.6 Å². The number of aromatic amines is 1. The van der Waals surface area contributed by atoms with Crippen LogP contribution >= 0.6 is 23.4 Å². The van der Waals surface area contributed by atoms with Gasteiger partial charge < -0.3 is 0 Å². The summed E-state index contributed by atoms with van der Waals surface area (Å²) in [6.45, 7) is 1.82. The Bertz CT molecular complexity index is 719. The molecule has 1 aliphatic carbocycles. The molecule has 0 spiro atoms. The molecule has 1 atom stereocenters. The van der Waals surface area contributed by atoms with Crippen LogP contribution in [0.15, 0.2) is 34.2 Å². The zero-order chi connectivity index (χ0) is 15.0. The average Bonchev–Trinajstić information content (AvgIpc) is 3.24. The van der Waals surface area contributed by atoms with Crippen molar-refractivity contribution in [2.75, 3.05) is 0 Å². The lowest BCUT2D eigenvalue weighted by molar-refractivity contribution is 0.0994. The van der Waals surface area contributed by atoms with Crippen molar-refractivity contribution in [2.45, 2.75) is 36.2 Å². The van der Waals surface area contributed by atoms with Crippen molar-refractivity contribution in [3.05, 3.63) is 45.3 Å². The summed E-state index contributed by atoms with van der Waals surface area (Å²) in [4.78, 5) is 24.1. The second-order valence-electron chi connectivity index (χ2n) is 5.04. The Morgan fingerprint density at radius 2 is 2.10 bits per heavy atom. The van der Waals surface area contributed by atoms with Gasteiger partial charge in [0.15, 0.2) is 10.9 Å². The number of H-pyrrole nitrogens is 1. The summed E-state index contributed by atoms with van der Waals surface area (Å²) in [6, 6.07) is 7.04. The molecule has 0 bridgehead atoms.